The van der Waals surface area contributed by atoms with Gasteiger partial charge in [-0.1, -0.05) is 12.1 Å². The number of ether oxygens (including phenoxy) is 2. The van der Waals surface area contributed by atoms with Crippen molar-refractivity contribution in [3.8, 4) is 5.75 Å². The summed E-state index contributed by atoms with van der Waals surface area (Å²) in [6.45, 7) is 2.61. The zero-order valence-corrected chi connectivity index (χ0v) is 15.5. The summed E-state index contributed by atoms with van der Waals surface area (Å²) in [5, 5.41) is 9.87. The van der Waals surface area contributed by atoms with E-state index >= 15 is 0 Å². The molecule has 0 aliphatic carbocycles. The molecule has 0 spiro atoms. The number of morpholine rings is 1. The largest absolute Gasteiger partial charge is 0.497 e. The van der Waals surface area contributed by atoms with Gasteiger partial charge < -0.3 is 19.9 Å². The van der Waals surface area contributed by atoms with Crippen molar-refractivity contribution in [2.75, 3.05) is 27.2 Å². The van der Waals surface area contributed by atoms with Crippen LogP contribution in [0.1, 0.15) is 12.0 Å². The first-order chi connectivity index (χ1) is 13.1. The number of halogens is 3. The number of nitrogens with zero attached hydrogens (tertiary/aromatic N) is 1. The fourth-order valence-electron chi connectivity index (χ4n) is 3.32. The quantitative estimate of drug-likeness (QED) is 0.794. The average molecular weight is 404 g/mol. The van der Waals surface area contributed by atoms with E-state index in [1.165, 1.54) is 5.56 Å². The standard InChI is InChI=1S/C16H22N2O3.C2HF3O2/c1-17-16(19)14-7-13-9-18(10-15(14)21-13)8-11-3-5-12(20-2)6-4-11;3-2(4,5)1(6)7/h3-6,13-15H,7-10H2,1-2H3,(H,17,19);(H,6,7)/t13-,14+,15-;/m1./s1. The van der Waals surface area contributed by atoms with E-state index in [-0.39, 0.29) is 24.0 Å². The van der Waals surface area contributed by atoms with Crippen LogP contribution in [0, 0.1) is 5.92 Å². The van der Waals surface area contributed by atoms with E-state index in [1.807, 2.05) is 12.1 Å². The molecule has 1 aromatic rings. The molecular formula is C18H23F3N2O5. The number of carboxylic acids is 1. The second-order valence-corrected chi connectivity index (χ2v) is 6.60. The number of carbonyl (C=O) groups excluding carboxylic acids is 1. The smallest absolute Gasteiger partial charge is 0.490 e. The van der Waals surface area contributed by atoms with Crippen LogP contribution in [0.25, 0.3) is 0 Å². The van der Waals surface area contributed by atoms with Gasteiger partial charge >= 0.3 is 12.1 Å². The Bertz CT molecular complexity index is 681. The number of methoxy groups -OCH3 is 1. The highest BCUT2D eigenvalue weighted by Gasteiger charge is 2.44. The zero-order chi connectivity index (χ0) is 20.9. The predicted molar refractivity (Wildman–Crippen MR) is 92.8 cm³/mol. The number of rotatable bonds is 4. The number of nitrogens with one attached hydrogen (secondary N) is 1. The van der Waals surface area contributed by atoms with E-state index < -0.39 is 12.1 Å². The molecule has 0 aromatic heterocycles. The highest BCUT2D eigenvalue weighted by atomic mass is 19.4. The van der Waals surface area contributed by atoms with Gasteiger partial charge in [-0.25, -0.2) is 4.79 Å². The summed E-state index contributed by atoms with van der Waals surface area (Å²) in [6.07, 6.45) is -4.03. The number of aliphatic carboxylic acids is 1. The number of amides is 1. The second kappa shape index (κ2) is 9.24. The van der Waals surface area contributed by atoms with Crippen LogP contribution in [-0.2, 0) is 20.9 Å². The van der Waals surface area contributed by atoms with Crippen LogP contribution < -0.4 is 10.1 Å². The molecule has 1 amide bonds. The van der Waals surface area contributed by atoms with Crippen molar-refractivity contribution in [3.63, 3.8) is 0 Å². The number of hydrogen-bond acceptors (Lipinski definition) is 5. The summed E-state index contributed by atoms with van der Waals surface area (Å²) in [6, 6.07) is 8.15. The first kappa shape index (κ1) is 22.0. The maximum atomic E-state index is 11.9. The minimum atomic E-state index is -5.08. The second-order valence-electron chi connectivity index (χ2n) is 6.60. The van der Waals surface area contributed by atoms with Crippen molar-refractivity contribution in [1.29, 1.82) is 0 Å². The fourth-order valence-corrected chi connectivity index (χ4v) is 3.32. The van der Waals surface area contributed by atoms with E-state index in [2.05, 4.69) is 22.3 Å². The van der Waals surface area contributed by atoms with E-state index in [4.69, 9.17) is 19.4 Å². The van der Waals surface area contributed by atoms with Gasteiger partial charge in [0.2, 0.25) is 5.91 Å². The lowest BCUT2D eigenvalue weighted by Gasteiger charge is -2.32. The number of carbonyl (C=O) groups is 2. The molecule has 3 rings (SSSR count). The van der Waals surface area contributed by atoms with Gasteiger partial charge in [-0.15, -0.1) is 0 Å². The van der Waals surface area contributed by atoms with Crippen LogP contribution in [0.15, 0.2) is 24.3 Å². The Morgan fingerprint density at radius 3 is 2.39 bits per heavy atom. The lowest BCUT2D eigenvalue weighted by molar-refractivity contribution is -0.192. The Morgan fingerprint density at radius 1 is 1.29 bits per heavy atom. The summed E-state index contributed by atoms with van der Waals surface area (Å²) in [5.74, 6) is -1.78. The molecule has 156 valence electrons. The average Bonchev–Trinajstić information content (AvgIpc) is 2.95. The summed E-state index contributed by atoms with van der Waals surface area (Å²) >= 11 is 0. The highest BCUT2D eigenvalue weighted by molar-refractivity contribution is 5.79. The molecule has 1 aromatic carbocycles. The van der Waals surface area contributed by atoms with Crippen LogP contribution in [0.5, 0.6) is 5.75 Å². The highest BCUT2D eigenvalue weighted by Crippen LogP contribution is 2.32. The van der Waals surface area contributed by atoms with Gasteiger partial charge in [0.1, 0.15) is 5.75 Å². The first-order valence-electron chi connectivity index (χ1n) is 8.66. The van der Waals surface area contributed by atoms with Gasteiger partial charge in [-0.2, -0.15) is 13.2 Å². The van der Waals surface area contributed by atoms with Crippen LogP contribution in [0.4, 0.5) is 13.2 Å². The molecule has 3 atom stereocenters. The van der Waals surface area contributed by atoms with Crippen molar-refractivity contribution < 1.29 is 37.3 Å². The summed E-state index contributed by atoms with van der Waals surface area (Å²) in [7, 11) is 3.37. The van der Waals surface area contributed by atoms with Gasteiger partial charge in [0.15, 0.2) is 0 Å². The van der Waals surface area contributed by atoms with Crippen LogP contribution in [0.3, 0.4) is 0 Å². The van der Waals surface area contributed by atoms with Crippen LogP contribution in [-0.4, -0.2) is 67.5 Å². The molecule has 2 bridgehead atoms. The minimum Gasteiger partial charge on any atom is -0.497 e. The normalized spacial score (nSPS) is 24.1. The maximum absolute atomic E-state index is 11.9. The molecular weight excluding hydrogens is 381 g/mol. The minimum absolute atomic E-state index is 0.000803. The molecule has 28 heavy (non-hydrogen) atoms. The Kier molecular flexibility index (Phi) is 7.25. The van der Waals surface area contributed by atoms with Crippen molar-refractivity contribution in [2.24, 2.45) is 5.92 Å². The lowest BCUT2D eigenvalue weighted by Crippen LogP contribution is -2.44. The van der Waals surface area contributed by atoms with Gasteiger partial charge in [-0.3, -0.25) is 9.69 Å². The third-order valence-corrected chi connectivity index (χ3v) is 4.62. The molecule has 2 heterocycles. The molecule has 0 radical (unpaired) electrons. The first-order valence-corrected chi connectivity index (χ1v) is 8.66. The third-order valence-electron chi connectivity index (χ3n) is 4.62. The van der Waals surface area contributed by atoms with E-state index in [0.29, 0.717) is 0 Å². The number of fused-ring (bicyclic) bond motifs is 2. The summed E-state index contributed by atoms with van der Waals surface area (Å²) in [4.78, 5) is 23.1. The van der Waals surface area contributed by atoms with E-state index in [1.54, 1.807) is 14.2 Å². The lowest BCUT2D eigenvalue weighted by atomic mass is 10.00. The number of benzene rings is 1. The predicted octanol–water partition coefficient (Wildman–Crippen LogP) is 1.66. The van der Waals surface area contributed by atoms with Crippen LogP contribution >= 0.6 is 0 Å². The van der Waals surface area contributed by atoms with Gasteiger partial charge in [0.25, 0.3) is 0 Å². The number of alkyl halides is 3. The molecule has 7 nitrogen and oxygen atoms in total. The molecule has 2 saturated heterocycles. The molecule has 2 fully saturated rings. The van der Waals surface area contributed by atoms with Gasteiger partial charge in [-0.05, 0) is 24.1 Å². The van der Waals surface area contributed by atoms with E-state index in [0.717, 1.165) is 31.8 Å². The topological polar surface area (TPSA) is 88.1 Å². The summed E-state index contributed by atoms with van der Waals surface area (Å²) < 4.78 is 42.8. The molecule has 2 aliphatic heterocycles. The number of hydrogen-bond donors (Lipinski definition) is 2. The molecule has 2 N–H and O–H groups in total. The Labute approximate surface area is 160 Å². The van der Waals surface area contributed by atoms with Crippen LogP contribution in [0.2, 0.25) is 0 Å². The maximum Gasteiger partial charge on any atom is 0.490 e. The molecule has 10 heteroatoms. The molecule has 0 unspecified atom stereocenters. The van der Waals surface area contributed by atoms with Gasteiger partial charge in [0.05, 0.1) is 25.2 Å². The van der Waals surface area contributed by atoms with Crippen molar-refractivity contribution in [2.45, 2.75) is 31.3 Å². The molecule has 2 aliphatic rings. The SMILES string of the molecule is CNC(=O)[C@H]1C[C@@H]2CN(Cc3ccc(OC)cc3)C[C@H]1O2.O=C(O)C(F)(F)F. The monoisotopic (exact) mass is 404 g/mol. The Hall–Kier alpha value is -2.33. The van der Waals surface area contributed by atoms with Gasteiger partial charge in [0, 0.05) is 26.7 Å². The summed E-state index contributed by atoms with van der Waals surface area (Å²) in [5.41, 5.74) is 1.26. The van der Waals surface area contributed by atoms with E-state index in [9.17, 15) is 18.0 Å². The van der Waals surface area contributed by atoms with Crippen molar-refractivity contribution in [1.82, 2.24) is 10.2 Å². The number of carboxylic acid groups (broad SMARTS) is 1. The van der Waals surface area contributed by atoms with Crippen molar-refractivity contribution in [3.05, 3.63) is 29.8 Å². The fraction of sp³-hybridized carbons (Fsp3) is 0.556. The third kappa shape index (κ3) is 5.83. The Balaban J connectivity index is 0.000000345. The molecule has 0 saturated carbocycles. The Morgan fingerprint density at radius 2 is 1.89 bits per heavy atom. The zero-order valence-electron chi connectivity index (χ0n) is 15.5. The van der Waals surface area contributed by atoms with Crippen molar-refractivity contribution >= 4 is 11.9 Å². The number of likely N-dealkylation sites (tertiary alicyclic amines) is 1.